The monoisotopic (exact) mass is 397 g/mol. The number of rotatable bonds is 6. The number of carbonyl (C=O) groups is 2. The Morgan fingerprint density at radius 2 is 1.76 bits per heavy atom. The fourth-order valence-electron chi connectivity index (χ4n) is 3.49. The average Bonchev–Trinajstić information content (AvgIpc) is 3.03. The Bertz CT molecular complexity index is 841. The van der Waals surface area contributed by atoms with Gasteiger partial charge in [0.05, 0.1) is 19.8 Å². The van der Waals surface area contributed by atoms with Gasteiger partial charge in [-0.25, -0.2) is 0 Å². The molecule has 1 saturated heterocycles. The van der Waals surface area contributed by atoms with Crippen LogP contribution in [0.4, 0.5) is 0 Å². The molecule has 0 N–H and O–H groups in total. The highest BCUT2D eigenvalue weighted by molar-refractivity contribution is 5.94. The number of ether oxygens (including phenoxy) is 2. The first-order valence-electron chi connectivity index (χ1n) is 9.80. The van der Waals surface area contributed by atoms with Crippen molar-refractivity contribution in [3.8, 4) is 11.5 Å². The predicted octanol–water partition coefficient (Wildman–Crippen LogP) is 2.41. The zero-order valence-corrected chi connectivity index (χ0v) is 17.0. The fourth-order valence-corrected chi connectivity index (χ4v) is 3.49. The first-order chi connectivity index (χ1) is 14.1. The number of amides is 2. The lowest BCUT2D eigenvalue weighted by atomic mass is 10.1. The van der Waals surface area contributed by atoms with Crippen LogP contribution in [0.3, 0.4) is 0 Å². The molecule has 1 aliphatic heterocycles. The van der Waals surface area contributed by atoms with Gasteiger partial charge in [0, 0.05) is 45.0 Å². The molecule has 7 nitrogen and oxygen atoms in total. The second-order valence-electron chi connectivity index (χ2n) is 6.96. The molecule has 0 unspecified atom stereocenters. The zero-order valence-electron chi connectivity index (χ0n) is 17.0. The Kier molecular flexibility index (Phi) is 7.05. The van der Waals surface area contributed by atoms with Gasteiger partial charge in [0.1, 0.15) is 0 Å². The Morgan fingerprint density at radius 3 is 2.48 bits per heavy atom. The highest BCUT2D eigenvalue weighted by Crippen LogP contribution is 2.28. The quantitative estimate of drug-likeness (QED) is 0.749. The Labute approximate surface area is 171 Å². The minimum Gasteiger partial charge on any atom is -0.493 e. The Morgan fingerprint density at radius 1 is 1.00 bits per heavy atom. The molecule has 1 aliphatic rings. The molecular weight excluding hydrogens is 370 g/mol. The van der Waals surface area contributed by atoms with Gasteiger partial charge >= 0.3 is 0 Å². The number of aromatic nitrogens is 1. The molecule has 0 saturated carbocycles. The van der Waals surface area contributed by atoms with Crippen LogP contribution < -0.4 is 9.47 Å². The normalized spacial score (nSPS) is 14.3. The Hall–Kier alpha value is -3.09. The summed E-state index contributed by atoms with van der Waals surface area (Å²) in [5.74, 6) is 1.42. The number of methoxy groups -OCH3 is 2. The lowest BCUT2D eigenvalue weighted by molar-refractivity contribution is -0.131. The molecule has 3 rings (SSSR count). The summed E-state index contributed by atoms with van der Waals surface area (Å²) >= 11 is 0. The second-order valence-corrected chi connectivity index (χ2v) is 6.96. The van der Waals surface area contributed by atoms with E-state index in [0.29, 0.717) is 56.1 Å². The second kappa shape index (κ2) is 9.91. The van der Waals surface area contributed by atoms with Crippen LogP contribution in [0.1, 0.15) is 28.8 Å². The molecule has 2 heterocycles. The maximum Gasteiger partial charge on any atom is 0.255 e. The van der Waals surface area contributed by atoms with Crippen molar-refractivity contribution in [3.63, 3.8) is 0 Å². The third-order valence-electron chi connectivity index (χ3n) is 5.12. The SMILES string of the molecule is COc1ccc(CCC(=O)N2CCCN(C(=O)c3cccnc3)CC2)cc1OC. The van der Waals surface area contributed by atoms with Gasteiger partial charge in [0.2, 0.25) is 5.91 Å². The van der Waals surface area contributed by atoms with E-state index in [4.69, 9.17) is 9.47 Å². The summed E-state index contributed by atoms with van der Waals surface area (Å²) in [5.41, 5.74) is 1.61. The lowest BCUT2D eigenvalue weighted by Gasteiger charge is -2.22. The van der Waals surface area contributed by atoms with Crippen LogP contribution in [0.5, 0.6) is 11.5 Å². The first-order valence-corrected chi connectivity index (χ1v) is 9.80. The highest BCUT2D eigenvalue weighted by Gasteiger charge is 2.22. The van der Waals surface area contributed by atoms with Gasteiger partial charge in [-0.05, 0) is 42.7 Å². The van der Waals surface area contributed by atoms with Crippen molar-refractivity contribution in [2.24, 2.45) is 0 Å². The van der Waals surface area contributed by atoms with Crippen LogP contribution in [0, 0.1) is 0 Å². The van der Waals surface area contributed by atoms with E-state index < -0.39 is 0 Å². The molecule has 0 atom stereocenters. The van der Waals surface area contributed by atoms with Gasteiger partial charge in [-0.1, -0.05) is 6.07 Å². The number of aryl methyl sites for hydroxylation is 1. The van der Waals surface area contributed by atoms with Crippen molar-refractivity contribution < 1.29 is 19.1 Å². The number of nitrogens with zero attached hydrogens (tertiary/aromatic N) is 3. The van der Waals surface area contributed by atoms with Gasteiger partial charge in [0.15, 0.2) is 11.5 Å². The van der Waals surface area contributed by atoms with E-state index in [9.17, 15) is 9.59 Å². The van der Waals surface area contributed by atoms with Crippen LogP contribution in [0.15, 0.2) is 42.7 Å². The largest absolute Gasteiger partial charge is 0.493 e. The molecule has 154 valence electrons. The summed E-state index contributed by atoms with van der Waals surface area (Å²) < 4.78 is 10.6. The van der Waals surface area contributed by atoms with E-state index in [1.807, 2.05) is 23.1 Å². The van der Waals surface area contributed by atoms with E-state index in [0.717, 1.165) is 12.0 Å². The maximum atomic E-state index is 12.7. The van der Waals surface area contributed by atoms with Crippen molar-refractivity contribution >= 4 is 11.8 Å². The summed E-state index contributed by atoms with van der Waals surface area (Å²) in [7, 11) is 3.20. The molecular formula is C22H27N3O4. The molecule has 0 bridgehead atoms. The Balaban J connectivity index is 1.54. The molecule has 0 spiro atoms. The van der Waals surface area contributed by atoms with Crippen molar-refractivity contribution in [3.05, 3.63) is 53.9 Å². The van der Waals surface area contributed by atoms with Crippen LogP contribution in [-0.2, 0) is 11.2 Å². The first kappa shape index (κ1) is 20.6. The van der Waals surface area contributed by atoms with Gasteiger partial charge < -0.3 is 19.3 Å². The topological polar surface area (TPSA) is 72.0 Å². The number of benzene rings is 1. The summed E-state index contributed by atoms with van der Waals surface area (Å²) in [4.78, 5) is 33.0. The number of pyridine rings is 1. The minimum absolute atomic E-state index is 0.0299. The predicted molar refractivity (Wildman–Crippen MR) is 109 cm³/mol. The van der Waals surface area contributed by atoms with Crippen LogP contribution in [0.2, 0.25) is 0 Å². The van der Waals surface area contributed by atoms with E-state index in [2.05, 4.69) is 4.98 Å². The zero-order chi connectivity index (χ0) is 20.6. The van der Waals surface area contributed by atoms with Crippen molar-refractivity contribution in [1.29, 1.82) is 0 Å². The highest BCUT2D eigenvalue weighted by atomic mass is 16.5. The molecule has 7 heteroatoms. The summed E-state index contributed by atoms with van der Waals surface area (Å²) in [5, 5.41) is 0. The molecule has 0 radical (unpaired) electrons. The van der Waals surface area contributed by atoms with E-state index in [1.54, 1.807) is 43.6 Å². The minimum atomic E-state index is -0.0299. The standard InChI is InChI=1S/C22H27N3O4/c1-28-19-8-6-17(15-20(19)29-2)7-9-21(26)24-11-4-12-25(14-13-24)22(27)18-5-3-10-23-16-18/h3,5-6,8,10,15-16H,4,7,9,11-14H2,1-2H3. The molecule has 1 fully saturated rings. The van der Waals surface area contributed by atoms with Crippen LogP contribution in [0.25, 0.3) is 0 Å². The lowest BCUT2D eigenvalue weighted by Crippen LogP contribution is -2.37. The van der Waals surface area contributed by atoms with Crippen LogP contribution >= 0.6 is 0 Å². The molecule has 1 aromatic heterocycles. The molecule has 2 amide bonds. The molecule has 0 aliphatic carbocycles. The van der Waals surface area contributed by atoms with E-state index in [1.165, 1.54) is 0 Å². The summed E-state index contributed by atoms with van der Waals surface area (Å²) in [6, 6.07) is 9.24. The van der Waals surface area contributed by atoms with Gasteiger partial charge in [0.25, 0.3) is 5.91 Å². The summed E-state index contributed by atoms with van der Waals surface area (Å²) in [6.45, 7) is 2.40. The summed E-state index contributed by atoms with van der Waals surface area (Å²) in [6.07, 6.45) is 5.06. The van der Waals surface area contributed by atoms with Crippen molar-refractivity contribution in [2.45, 2.75) is 19.3 Å². The van der Waals surface area contributed by atoms with Gasteiger partial charge in [-0.2, -0.15) is 0 Å². The third kappa shape index (κ3) is 5.25. The van der Waals surface area contributed by atoms with Gasteiger partial charge in [-0.15, -0.1) is 0 Å². The molecule has 29 heavy (non-hydrogen) atoms. The number of hydrogen-bond donors (Lipinski definition) is 0. The number of hydrogen-bond acceptors (Lipinski definition) is 5. The molecule has 1 aromatic carbocycles. The third-order valence-corrected chi connectivity index (χ3v) is 5.12. The van der Waals surface area contributed by atoms with Crippen molar-refractivity contribution in [2.75, 3.05) is 40.4 Å². The smallest absolute Gasteiger partial charge is 0.255 e. The van der Waals surface area contributed by atoms with Crippen molar-refractivity contribution in [1.82, 2.24) is 14.8 Å². The van der Waals surface area contributed by atoms with Gasteiger partial charge in [-0.3, -0.25) is 14.6 Å². The molecule has 2 aromatic rings. The van der Waals surface area contributed by atoms with Crippen LogP contribution in [-0.4, -0.2) is 67.0 Å². The van der Waals surface area contributed by atoms with E-state index in [-0.39, 0.29) is 11.8 Å². The number of carbonyl (C=O) groups excluding carboxylic acids is 2. The average molecular weight is 397 g/mol. The maximum absolute atomic E-state index is 12.7. The fraction of sp³-hybridized carbons (Fsp3) is 0.409. The van der Waals surface area contributed by atoms with E-state index >= 15 is 0 Å².